The number of amides is 1. The van der Waals surface area contributed by atoms with Gasteiger partial charge in [0.25, 0.3) is 11.5 Å². The molecule has 0 unspecified atom stereocenters. The smallest absolute Gasteiger partial charge is 0.257 e. The predicted molar refractivity (Wildman–Crippen MR) is 94.2 cm³/mol. The minimum atomic E-state index is -0.412. The van der Waals surface area contributed by atoms with Crippen LogP contribution in [0.5, 0.6) is 11.5 Å². The van der Waals surface area contributed by atoms with E-state index in [9.17, 15) is 9.59 Å². The molecule has 2 N–H and O–H groups in total. The van der Waals surface area contributed by atoms with Crippen molar-refractivity contribution in [2.75, 3.05) is 14.2 Å². The third-order valence-corrected chi connectivity index (χ3v) is 4.80. The molecular formula is C19H22N2O4. The summed E-state index contributed by atoms with van der Waals surface area (Å²) < 4.78 is 10.4. The first kappa shape index (κ1) is 17.1. The lowest BCUT2D eigenvalue weighted by Crippen LogP contribution is -2.44. The molecule has 1 heterocycles. The molecule has 1 aromatic heterocycles. The number of aromatic amines is 1. The molecule has 1 aliphatic carbocycles. The molecule has 6 heteroatoms. The number of rotatable bonds is 5. The average Bonchev–Trinajstić information content (AvgIpc) is 3.11. The molecule has 1 aliphatic rings. The van der Waals surface area contributed by atoms with Gasteiger partial charge in [-0.15, -0.1) is 0 Å². The maximum atomic E-state index is 12.9. The second-order valence-electron chi connectivity index (χ2n) is 6.25. The highest BCUT2D eigenvalue weighted by Crippen LogP contribution is 2.39. The van der Waals surface area contributed by atoms with Crippen LogP contribution in [0.4, 0.5) is 0 Å². The zero-order chi connectivity index (χ0) is 17.9. The highest BCUT2D eigenvalue weighted by atomic mass is 16.5. The third-order valence-electron chi connectivity index (χ3n) is 4.80. The fourth-order valence-corrected chi connectivity index (χ4v) is 3.46. The fraction of sp³-hybridized carbons (Fsp3) is 0.368. The Morgan fingerprint density at radius 1 is 1.12 bits per heavy atom. The van der Waals surface area contributed by atoms with Gasteiger partial charge in [0.05, 0.1) is 25.3 Å². The van der Waals surface area contributed by atoms with E-state index in [2.05, 4.69) is 10.3 Å². The molecule has 0 saturated heterocycles. The van der Waals surface area contributed by atoms with E-state index >= 15 is 0 Å². The standard InChI is InChI=1S/C19H22N2O4/c1-24-14-7-5-13(6-8-14)19(9-3-4-10-19)21-18(23)15-12-20-17(22)11-16(15)25-2/h5-8,11-12H,3-4,9-10H2,1-2H3,(H,20,22)(H,21,23). The lowest BCUT2D eigenvalue weighted by Gasteiger charge is -2.31. The van der Waals surface area contributed by atoms with Crippen LogP contribution in [0.25, 0.3) is 0 Å². The predicted octanol–water partition coefficient (Wildman–Crippen LogP) is 2.59. The molecule has 0 radical (unpaired) electrons. The van der Waals surface area contributed by atoms with Gasteiger partial charge in [-0.25, -0.2) is 0 Å². The highest BCUT2D eigenvalue weighted by molar-refractivity contribution is 5.97. The lowest BCUT2D eigenvalue weighted by atomic mass is 9.87. The van der Waals surface area contributed by atoms with Gasteiger partial charge in [-0.3, -0.25) is 9.59 Å². The number of hydrogen-bond donors (Lipinski definition) is 2. The molecule has 1 saturated carbocycles. The van der Waals surface area contributed by atoms with Crippen LogP contribution in [0, 0.1) is 0 Å². The quantitative estimate of drug-likeness (QED) is 0.875. The van der Waals surface area contributed by atoms with Crippen molar-refractivity contribution in [1.29, 1.82) is 0 Å². The Balaban J connectivity index is 1.91. The van der Waals surface area contributed by atoms with Gasteiger partial charge in [-0.05, 0) is 30.5 Å². The van der Waals surface area contributed by atoms with Gasteiger partial charge < -0.3 is 19.8 Å². The van der Waals surface area contributed by atoms with Gasteiger partial charge in [0.2, 0.25) is 0 Å². The van der Waals surface area contributed by atoms with Gasteiger partial charge >= 0.3 is 0 Å². The Hall–Kier alpha value is -2.76. The lowest BCUT2D eigenvalue weighted by molar-refractivity contribution is 0.0894. The van der Waals surface area contributed by atoms with Gasteiger partial charge in [0.1, 0.15) is 11.5 Å². The monoisotopic (exact) mass is 342 g/mol. The number of carbonyl (C=O) groups is 1. The van der Waals surface area contributed by atoms with Gasteiger partial charge in [0.15, 0.2) is 0 Å². The Bertz CT molecular complexity index is 805. The van der Waals surface area contributed by atoms with Crippen molar-refractivity contribution in [3.05, 3.63) is 58.0 Å². The second kappa shape index (κ2) is 7.01. The Morgan fingerprint density at radius 3 is 2.40 bits per heavy atom. The summed E-state index contributed by atoms with van der Waals surface area (Å²) in [5, 5.41) is 3.17. The Labute approximate surface area is 146 Å². The Morgan fingerprint density at radius 2 is 1.80 bits per heavy atom. The first-order valence-electron chi connectivity index (χ1n) is 8.32. The molecule has 0 atom stereocenters. The molecule has 1 amide bonds. The summed E-state index contributed by atoms with van der Waals surface area (Å²) in [5.74, 6) is 0.792. The summed E-state index contributed by atoms with van der Waals surface area (Å²) in [7, 11) is 3.07. The number of nitrogens with one attached hydrogen (secondary N) is 2. The normalized spacial score (nSPS) is 15.6. The molecule has 6 nitrogen and oxygen atoms in total. The zero-order valence-electron chi connectivity index (χ0n) is 14.4. The molecule has 1 aromatic carbocycles. The van der Waals surface area contributed by atoms with Crippen LogP contribution in [0.2, 0.25) is 0 Å². The van der Waals surface area contributed by atoms with E-state index in [1.807, 2.05) is 24.3 Å². The molecule has 1 fully saturated rings. The van der Waals surface area contributed by atoms with Gasteiger partial charge in [-0.1, -0.05) is 25.0 Å². The Kier molecular flexibility index (Phi) is 4.79. The van der Waals surface area contributed by atoms with E-state index < -0.39 is 5.54 Å². The van der Waals surface area contributed by atoms with Crippen molar-refractivity contribution in [2.45, 2.75) is 31.2 Å². The zero-order valence-corrected chi connectivity index (χ0v) is 14.4. The largest absolute Gasteiger partial charge is 0.497 e. The average molecular weight is 342 g/mol. The van der Waals surface area contributed by atoms with Crippen molar-refractivity contribution in [1.82, 2.24) is 10.3 Å². The van der Waals surface area contributed by atoms with Crippen molar-refractivity contribution >= 4 is 5.91 Å². The number of hydrogen-bond acceptors (Lipinski definition) is 4. The maximum absolute atomic E-state index is 12.9. The van der Waals surface area contributed by atoms with Crippen LogP contribution < -0.4 is 20.3 Å². The molecule has 3 rings (SSSR count). The summed E-state index contributed by atoms with van der Waals surface area (Å²) in [4.78, 5) is 26.8. The number of aromatic nitrogens is 1. The van der Waals surface area contributed by atoms with Crippen LogP contribution in [-0.2, 0) is 5.54 Å². The van der Waals surface area contributed by atoms with Crippen LogP contribution >= 0.6 is 0 Å². The third kappa shape index (κ3) is 3.38. The summed E-state index contributed by atoms with van der Waals surface area (Å²) in [6.07, 6.45) is 5.24. The van der Waals surface area contributed by atoms with Crippen molar-refractivity contribution < 1.29 is 14.3 Å². The van der Waals surface area contributed by atoms with Crippen molar-refractivity contribution in [2.24, 2.45) is 0 Å². The fourth-order valence-electron chi connectivity index (χ4n) is 3.46. The molecule has 2 aromatic rings. The maximum Gasteiger partial charge on any atom is 0.257 e. The summed E-state index contributed by atoms with van der Waals surface area (Å²) in [6, 6.07) is 9.08. The second-order valence-corrected chi connectivity index (χ2v) is 6.25. The van der Waals surface area contributed by atoms with E-state index in [0.717, 1.165) is 37.0 Å². The van der Waals surface area contributed by atoms with Crippen LogP contribution in [0.15, 0.2) is 41.3 Å². The van der Waals surface area contributed by atoms with Crippen LogP contribution in [0.1, 0.15) is 41.6 Å². The summed E-state index contributed by atoms with van der Waals surface area (Å²) in [6.45, 7) is 0. The van der Waals surface area contributed by atoms with E-state index in [0.29, 0.717) is 5.56 Å². The molecule has 0 aliphatic heterocycles. The van der Waals surface area contributed by atoms with Crippen LogP contribution in [-0.4, -0.2) is 25.1 Å². The summed E-state index contributed by atoms with van der Waals surface area (Å²) >= 11 is 0. The summed E-state index contributed by atoms with van der Waals surface area (Å²) in [5.41, 5.74) is 0.661. The van der Waals surface area contributed by atoms with Crippen molar-refractivity contribution in [3.63, 3.8) is 0 Å². The molecular weight excluding hydrogens is 320 g/mol. The molecule has 25 heavy (non-hydrogen) atoms. The number of carbonyl (C=O) groups excluding carboxylic acids is 1. The van der Waals surface area contributed by atoms with E-state index in [1.54, 1.807) is 7.11 Å². The molecule has 0 bridgehead atoms. The first-order valence-corrected chi connectivity index (χ1v) is 8.32. The first-order chi connectivity index (χ1) is 12.1. The topological polar surface area (TPSA) is 80.4 Å². The number of pyridine rings is 1. The van der Waals surface area contributed by atoms with Gasteiger partial charge in [0, 0.05) is 12.3 Å². The minimum Gasteiger partial charge on any atom is -0.497 e. The van der Waals surface area contributed by atoms with E-state index in [-0.39, 0.29) is 17.2 Å². The van der Waals surface area contributed by atoms with Crippen LogP contribution in [0.3, 0.4) is 0 Å². The molecule has 132 valence electrons. The minimum absolute atomic E-state index is 0.259. The van der Waals surface area contributed by atoms with Crippen molar-refractivity contribution in [3.8, 4) is 11.5 Å². The SMILES string of the molecule is COc1ccc(C2(NC(=O)c3c[nH]c(=O)cc3OC)CCCC2)cc1. The van der Waals surface area contributed by atoms with E-state index in [4.69, 9.17) is 9.47 Å². The number of H-pyrrole nitrogens is 1. The number of ether oxygens (including phenoxy) is 2. The molecule has 0 spiro atoms. The van der Waals surface area contributed by atoms with Gasteiger partial charge in [-0.2, -0.15) is 0 Å². The van der Waals surface area contributed by atoms with E-state index in [1.165, 1.54) is 19.4 Å². The highest BCUT2D eigenvalue weighted by Gasteiger charge is 2.37. The number of methoxy groups -OCH3 is 2. The number of benzene rings is 1.